The Bertz CT molecular complexity index is 322. The molecule has 0 atom stereocenters. The van der Waals surface area contributed by atoms with Gasteiger partial charge in [-0.2, -0.15) is 0 Å². The predicted molar refractivity (Wildman–Crippen MR) is 47.7 cm³/mol. The topological polar surface area (TPSA) is 101 Å². The average molecular weight is 214 g/mol. The van der Waals surface area contributed by atoms with E-state index in [0.717, 1.165) is 0 Å². The number of carbonyl (C=O) groups excluding carboxylic acids is 1. The molecule has 0 saturated heterocycles. The van der Waals surface area contributed by atoms with Crippen molar-refractivity contribution in [3.05, 3.63) is 24.2 Å². The first-order valence-corrected chi connectivity index (χ1v) is 4.08. The van der Waals surface area contributed by atoms with Crippen molar-refractivity contribution in [3.8, 4) is 0 Å². The highest BCUT2D eigenvalue weighted by molar-refractivity contribution is 5.73. The van der Waals surface area contributed by atoms with Crippen LogP contribution in [0.3, 0.4) is 0 Å². The summed E-state index contributed by atoms with van der Waals surface area (Å²) < 4.78 is 4.95. The van der Waals surface area contributed by atoms with Crippen LogP contribution in [0.4, 0.5) is 4.79 Å². The molecular weight excluding hydrogens is 204 g/mol. The van der Waals surface area contributed by atoms with Crippen LogP contribution in [0.1, 0.15) is 5.76 Å². The third-order valence-corrected chi connectivity index (χ3v) is 1.36. The molecule has 1 aromatic heterocycles. The third-order valence-electron chi connectivity index (χ3n) is 1.36. The fourth-order valence-electron chi connectivity index (χ4n) is 0.780. The number of hydroxylamine groups is 1. The molecule has 2 amide bonds. The van der Waals surface area contributed by atoms with E-state index in [2.05, 4.69) is 10.2 Å². The molecule has 0 aromatic carbocycles. The zero-order valence-corrected chi connectivity index (χ0v) is 7.73. The minimum atomic E-state index is -1.17. The van der Waals surface area contributed by atoms with Crippen molar-refractivity contribution in [2.24, 2.45) is 0 Å². The van der Waals surface area contributed by atoms with Crippen molar-refractivity contribution >= 4 is 12.0 Å². The number of carboxylic acids is 1. The fraction of sp³-hybridized carbons (Fsp3) is 0.250. The van der Waals surface area contributed by atoms with Crippen LogP contribution in [0.15, 0.2) is 22.8 Å². The summed E-state index contributed by atoms with van der Waals surface area (Å²) in [5.41, 5.74) is 1.90. The number of amides is 2. The minimum absolute atomic E-state index is 0.204. The van der Waals surface area contributed by atoms with Crippen LogP contribution >= 0.6 is 0 Å². The second kappa shape index (κ2) is 5.66. The summed E-state index contributed by atoms with van der Waals surface area (Å²) >= 11 is 0. The Morgan fingerprint density at radius 1 is 1.53 bits per heavy atom. The number of hydrogen-bond acceptors (Lipinski definition) is 4. The largest absolute Gasteiger partial charge is 0.479 e. The summed E-state index contributed by atoms with van der Waals surface area (Å²) in [4.78, 5) is 25.3. The Balaban J connectivity index is 2.11. The first-order chi connectivity index (χ1) is 7.18. The summed E-state index contributed by atoms with van der Waals surface area (Å²) in [6.45, 7) is -0.385. The van der Waals surface area contributed by atoms with Gasteiger partial charge in [0.1, 0.15) is 5.76 Å². The highest BCUT2D eigenvalue weighted by atomic mass is 16.7. The van der Waals surface area contributed by atoms with Gasteiger partial charge >= 0.3 is 12.0 Å². The van der Waals surface area contributed by atoms with Crippen LogP contribution in [0.2, 0.25) is 0 Å². The molecule has 0 bridgehead atoms. The summed E-state index contributed by atoms with van der Waals surface area (Å²) in [5.74, 6) is -0.579. The Hall–Kier alpha value is -2.02. The number of furan rings is 1. The molecule has 0 aliphatic carbocycles. The van der Waals surface area contributed by atoms with Crippen molar-refractivity contribution in [2.45, 2.75) is 6.54 Å². The molecule has 1 aromatic rings. The molecule has 0 saturated carbocycles. The van der Waals surface area contributed by atoms with E-state index >= 15 is 0 Å². The molecule has 3 N–H and O–H groups in total. The standard InChI is InChI=1S/C8H10N2O5/c11-7(12)5-15-10-8(13)9-4-6-2-1-3-14-6/h1-3H,4-5H2,(H,11,12)(H2,9,10,13). The van der Waals surface area contributed by atoms with Gasteiger partial charge in [0.15, 0.2) is 6.61 Å². The average Bonchev–Trinajstić information content (AvgIpc) is 2.66. The molecule has 0 radical (unpaired) electrons. The summed E-state index contributed by atoms with van der Waals surface area (Å²) in [6, 6.07) is 2.75. The van der Waals surface area contributed by atoms with Crippen molar-refractivity contribution in [1.29, 1.82) is 0 Å². The number of carboxylic acid groups (broad SMARTS) is 1. The zero-order chi connectivity index (χ0) is 11.1. The molecule has 0 aliphatic heterocycles. The lowest BCUT2D eigenvalue weighted by atomic mass is 10.4. The van der Waals surface area contributed by atoms with Crippen molar-refractivity contribution in [2.75, 3.05) is 6.61 Å². The summed E-state index contributed by atoms with van der Waals surface area (Å²) in [7, 11) is 0. The number of urea groups is 1. The van der Waals surface area contributed by atoms with E-state index in [1.54, 1.807) is 12.1 Å². The first-order valence-electron chi connectivity index (χ1n) is 4.08. The number of aliphatic carboxylic acids is 1. The fourth-order valence-corrected chi connectivity index (χ4v) is 0.780. The molecule has 0 unspecified atom stereocenters. The van der Waals surface area contributed by atoms with E-state index in [4.69, 9.17) is 9.52 Å². The second-order valence-electron chi connectivity index (χ2n) is 2.55. The maximum Gasteiger partial charge on any atom is 0.339 e. The first kappa shape index (κ1) is 11.1. The maximum atomic E-state index is 10.9. The van der Waals surface area contributed by atoms with Gasteiger partial charge in [-0.05, 0) is 12.1 Å². The lowest BCUT2D eigenvalue weighted by molar-refractivity contribution is -0.144. The number of hydrogen-bond donors (Lipinski definition) is 3. The van der Waals surface area contributed by atoms with Crippen LogP contribution in [-0.4, -0.2) is 23.7 Å². The van der Waals surface area contributed by atoms with Crippen LogP contribution < -0.4 is 10.8 Å². The molecule has 82 valence electrons. The van der Waals surface area contributed by atoms with Gasteiger partial charge in [0.05, 0.1) is 12.8 Å². The molecule has 15 heavy (non-hydrogen) atoms. The SMILES string of the molecule is O=C(O)CONC(=O)NCc1ccco1. The van der Waals surface area contributed by atoms with Crippen LogP contribution in [0, 0.1) is 0 Å². The van der Waals surface area contributed by atoms with Crippen molar-refractivity contribution < 1.29 is 24.0 Å². The lowest BCUT2D eigenvalue weighted by Gasteiger charge is -2.04. The van der Waals surface area contributed by atoms with E-state index in [0.29, 0.717) is 5.76 Å². The van der Waals surface area contributed by atoms with Gasteiger partial charge in [-0.1, -0.05) is 0 Å². The molecule has 0 fully saturated rings. The highest BCUT2D eigenvalue weighted by Crippen LogP contribution is 1.97. The van der Waals surface area contributed by atoms with Gasteiger partial charge in [0, 0.05) is 0 Å². The molecular formula is C8H10N2O5. The van der Waals surface area contributed by atoms with Crippen LogP contribution in [0.25, 0.3) is 0 Å². The minimum Gasteiger partial charge on any atom is -0.479 e. The molecule has 0 aliphatic rings. The Kier molecular flexibility index (Phi) is 4.17. The molecule has 1 heterocycles. The summed E-state index contributed by atoms with van der Waals surface area (Å²) in [6.07, 6.45) is 1.48. The maximum absolute atomic E-state index is 10.9. The van der Waals surface area contributed by atoms with Crippen molar-refractivity contribution in [3.63, 3.8) is 0 Å². The Labute approximate surface area is 85.0 Å². The smallest absolute Gasteiger partial charge is 0.339 e. The number of rotatable bonds is 5. The van der Waals surface area contributed by atoms with Gasteiger partial charge < -0.3 is 14.8 Å². The van der Waals surface area contributed by atoms with E-state index < -0.39 is 18.6 Å². The van der Waals surface area contributed by atoms with Crippen LogP contribution in [0.5, 0.6) is 0 Å². The van der Waals surface area contributed by atoms with E-state index in [1.807, 2.05) is 5.48 Å². The van der Waals surface area contributed by atoms with E-state index in [1.165, 1.54) is 6.26 Å². The summed E-state index contributed by atoms with van der Waals surface area (Å²) in [5, 5.41) is 10.6. The van der Waals surface area contributed by atoms with Crippen molar-refractivity contribution in [1.82, 2.24) is 10.8 Å². The van der Waals surface area contributed by atoms with Gasteiger partial charge in [-0.15, -0.1) is 0 Å². The number of carbonyl (C=O) groups is 2. The van der Waals surface area contributed by atoms with E-state index in [9.17, 15) is 9.59 Å². The molecule has 7 nitrogen and oxygen atoms in total. The molecule has 7 heteroatoms. The third kappa shape index (κ3) is 4.67. The van der Waals surface area contributed by atoms with Gasteiger partial charge in [-0.3, -0.25) is 4.84 Å². The highest BCUT2D eigenvalue weighted by Gasteiger charge is 2.03. The zero-order valence-electron chi connectivity index (χ0n) is 7.73. The van der Waals surface area contributed by atoms with Crippen LogP contribution in [-0.2, 0) is 16.2 Å². The Morgan fingerprint density at radius 3 is 2.93 bits per heavy atom. The number of nitrogens with one attached hydrogen (secondary N) is 2. The molecule has 0 spiro atoms. The normalized spacial score (nSPS) is 9.60. The van der Waals surface area contributed by atoms with Gasteiger partial charge in [0.2, 0.25) is 0 Å². The molecule has 1 rings (SSSR count). The second-order valence-corrected chi connectivity index (χ2v) is 2.55. The van der Waals surface area contributed by atoms with E-state index in [-0.39, 0.29) is 6.54 Å². The quantitative estimate of drug-likeness (QED) is 0.603. The Morgan fingerprint density at radius 2 is 2.33 bits per heavy atom. The monoisotopic (exact) mass is 214 g/mol. The van der Waals surface area contributed by atoms with Gasteiger partial charge in [-0.25, -0.2) is 15.1 Å². The predicted octanol–water partition coefficient (Wildman–Crippen LogP) is 0.0950. The van der Waals surface area contributed by atoms with Gasteiger partial charge in [0.25, 0.3) is 0 Å². The lowest BCUT2D eigenvalue weighted by Crippen LogP contribution is -2.36.